The van der Waals surface area contributed by atoms with E-state index in [-0.39, 0.29) is 18.0 Å². The molecule has 1 aromatic carbocycles. The number of pyridine rings is 1. The molecule has 3 aromatic heterocycles. The molecule has 4 rings (SSSR count). The van der Waals surface area contributed by atoms with Gasteiger partial charge in [0.15, 0.2) is 0 Å². The molecule has 0 aliphatic heterocycles. The summed E-state index contributed by atoms with van der Waals surface area (Å²) >= 11 is 3.14. The third-order valence-electron chi connectivity index (χ3n) is 4.55. The van der Waals surface area contributed by atoms with Crippen molar-refractivity contribution in [3.63, 3.8) is 0 Å². The number of hydrogen-bond donors (Lipinski definition) is 2. The number of carbonyl (C=O) groups excluding carboxylic acids is 1. The molecule has 0 fully saturated rings. The van der Waals surface area contributed by atoms with E-state index in [1.54, 1.807) is 34.8 Å². The topological polar surface area (TPSA) is 84.1 Å². The highest BCUT2D eigenvalue weighted by atomic mass is 32.1. The van der Waals surface area contributed by atoms with Crippen LogP contribution in [-0.2, 0) is 13.2 Å². The number of amides is 1. The highest BCUT2D eigenvalue weighted by Gasteiger charge is 2.17. The Morgan fingerprint density at radius 2 is 2.10 bits per heavy atom. The zero-order valence-corrected chi connectivity index (χ0v) is 17.6. The molecule has 8 heteroatoms. The van der Waals surface area contributed by atoms with Crippen LogP contribution in [0.25, 0.3) is 10.1 Å². The van der Waals surface area contributed by atoms with Gasteiger partial charge in [0.25, 0.3) is 5.91 Å². The summed E-state index contributed by atoms with van der Waals surface area (Å²) in [5.74, 6) is 0.540. The monoisotopic (exact) mass is 425 g/mol. The average Bonchev–Trinajstić information content (AvgIpc) is 3.26. The van der Waals surface area contributed by atoms with Gasteiger partial charge in [-0.15, -0.1) is 22.7 Å². The summed E-state index contributed by atoms with van der Waals surface area (Å²) in [4.78, 5) is 33.2. The third kappa shape index (κ3) is 4.23. The molecule has 4 aromatic rings. The van der Waals surface area contributed by atoms with Crippen LogP contribution >= 0.6 is 22.7 Å². The number of ether oxygens (including phenoxy) is 1. The van der Waals surface area contributed by atoms with Gasteiger partial charge in [-0.2, -0.15) is 0 Å². The number of fused-ring (bicyclic) bond motifs is 1. The first-order valence-corrected chi connectivity index (χ1v) is 10.7. The van der Waals surface area contributed by atoms with Crippen molar-refractivity contribution < 1.29 is 9.53 Å². The Morgan fingerprint density at radius 1 is 1.24 bits per heavy atom. The molecule has 29 heavy (non-hydrogen) atoms. The summed E-state index contributed by atoms with van der Waals surface area (Å²) in [5.41, 5.74) is 3.89. The summed E-state index contributed by atoms with van der Waals surface area (Å²) in [7, 11) is 0. The number of carbonyl (C=O) groups is 1. The molecule has 0 spiro atoms. The second-order valence-corrected chi connectivity index (χ2v) is 8.76. The molecule has 0 aliphatic carbocycles. The number of H-pyrrole nitrogens is 1. The quantitative estimate of drug-likeness (QED) is 0.486. The Bertz CT molecular complexity index is 1240. The first kappa shape index (κ1) is 19.4. The van der Waals surface area contributed by atoms with Crippen LogP contribution in [0.1, 0.15) is 31.5 Å². The predicted molar refractivity (Wildman–Crippen MR) is 116 cm³/mol. The Hall–Kier alpha value is -2.97. The second kappa shape index (κ2) is 8.18. The van der Waals surface area contributed by atoms with E-state index in [1.165, 1.54) is 6.07 Å². The number of nitrogens with zero attached hydrogens (tertiary/aromatic N) is 1. The van der Waals surface area contributed by atoms with Crippen LogP contribution in [0, 0.1) is 13.8 Å². The van der Waals surface area contributed by atoms with Gasteiger partial charge in [0.2, 0.25) is 5.56 Å². The maximum absolute atomic E-state index is 12.9. The van der Waals surface area contributed by atoms with Crippen LogP contribution < -0.4 is 15.6 Å². The number of aromatic nitrogens is 2. The number of thiophene rings is 1. The molecule has 0 bridgehead atoms. The Balaban J connectivity index is 1.54. The molecule has 1 amide bonds. The van der Waals surface area contributed by atoms with Gasteiger partial charge < -0.3 is 15.0 Å². The van der Waals surface area contributed by atoms with Crippen molar-refractivity contribution in [2.75, 3.05) is 0 Å². The van der Waals surface area contributed by atoms with Crippen molar-refractivity contribution in [3.05, 3.63) is 79.0 Å². The Labute approximate surface area is 175 Å². The van der Waals surface area contributed by atoms with Crippen molar-refractivity contribution in [1.82, 2.24) is 15.3 Å². The molecular formula is C21H19N3O3S2. The maximum Gasteiger partial charge on any atom is 0.253 e. The average molecular weight is 426 g/mol. The van der Waals surface area contributed by atoms with E-state index in [4.69, 9.17) is 4.74 Å². The lowest BCUT2D eigenvalue weighted by atomic mass is 10.1. The standard InChI is InChI=1S/C21H19N3O3S2/c1-12-18(28-11-23-12)10-27-15-6-7-17-16(8-15)20(13(2)29-17)21(26)22-9-14-4-3-5-19(25)24-14/h3-8,11H,9-10H2,1-2H3,(H,22,26)(H,24,25). The molecule has 148 valence electrons. The largest absolute Gasteiger partial charge is 0.488 e. The zero-order chi connectivity index (χ0) is 20.4. The maximum atomic E-state index is 12.9. The normalized spacial score (nSPS) is 11.0. The molecule has 0 saturated carbocycles. The van der Waals surface area contributed by atoms with E-state index in [9.17, 15) is 9.59 Å². The summed E-state index contributed by atoms with van der Waals surface area (Å²) < 4.78 is 6.96. The number of rotatable bonds is 6. The molecule has 0 saturated heterocycles. The SMILES string of the molecule is Cc1ncsc1COc1ccc2sc(C)c(C(=O)NCc3cccc(=O)[nH]3)c2c1. The second-order valence-electron chi connectivity index (χ2n) is 6.56. The minimum atomic E-state index is -0.188. The van der Waals surface area contributed by atoms with Gasteiger partial charge in [-0.05, 0) is 38.1 Å². The summed E-state index contributed by atoms with van der Waals surface area (Å²) in [5, 5.41) is 3.76. The van der Waals surface area contributed by atoms with Crippen LogP contribution in [0.2, 0.25) is 0 Å². The van der Waals surface area contributed by atoms with Gasteiger partial charge in [0.05, 0.1) is 28.2 Å². The highest BCUT2D eigenvalue weighted by Crippen LogP contribution is 2.33. The molecule has 3 heterocycles. The lowest BCUT2D eigenvalue weighted by Gasteiger charge is -2.08. The van der Waals surface area contributed by atoms with Crippen LogP contribution in [0.15, 0.2) is 46.7 Å². The van der Waals surface area contributed by atoms with E-state index in [1.807, 2.05) is 37.6 Å². The third-order valence-corrected chi connectivity index (χ3v) is 6.54. The number of nitrogens with one attached hydrogen (secondary N) is 2. The minimum Gasteiger partial charge on any atom is -0.488 e. The molecule has 2 N–H and O–H groups in total. The van der Waals surface area contributed by atoms with Gasteiger partial charge in [-0.1, -0.05) is 6.07 Å². The van der Waals surface area contributed by atoms with Gasteiger partial charge in [0, 0.05) is 26.7 Å². The molecule has 0 atom stereocenters. The van der Waals surface area contributed by atoms with Gasteiger partial charge in [0.1, 0.15) is 12.4 Å². The van der Waals surface area contributed by atoms with Crippen LogP contribution in [-0.4, -0.2) is 15.9 Å². The van der Waals surface area contributed by atoms with Crippen LogP contribution in [0.5, 0.6) is 5.75 Å². The molecular weight excluding hydrogens is 406 g/mol. The fourth-order valence-corrected chi connectivity index (χ4v) is 4.77. The van der Waals surface area contributed by atoms with Crippen LogP contribution in [0.3, 0.4) is 0 Å². The Kier molecular flexibility index (Phi) is 5.46. The Morgan fingerprint density at radius 3 is 2.86 bits per heavy atom. The molecule has 0 unspecified atom stereocenters. The number of aromatic amines is 1. The van der Waals surface area contributed by atoms with Crippen molar-refractivity contribution in [1.29, 1.82) is 0 Å². The minimum absolute atomic E-state index is 0.172. The van der Waals surface area contributed by atoms with Gasteiger partial charge in [-0.25, -0.2) is 4.98 Å². The molecule has 0 radical (unpaired) electrons. The van der Waals surface area contributed by atoms with Crippen molar-refractivity contribution in [2.24, 2.45) is 0 Å². The number of hydrogen-bond acceptors (Lipinski definition) is 6. The smallest absolute Gasteiger partial charge is 0.253 e. The number of benzene rings is 1. The van der Waals surface area contributed by atoms with Crippen molar-refractivity contribution in [3.8, 4) is 5.75 Å². The lowest BCUT2D eigenvalue weighted by Crippen LogP contribution is -2.24. The zero-order valence-electron chi connectivity index (χ0n) is 15.9. The fourth-order valence-electron chi connectivity index (χ4n) is 3.04. The number of aryl methyl sites for hydroxylation is 2. The van der Waals surface area contributed by atoms with E-state index in [0.717, 1.165) is 25.5 Å². The fraction of sp³-hybridized carbons (Fsp3) is 0.190. The molecule has 0 aliphatic rings. The summed E-state index contributed by atoms with van der Waals surface area (Å²) in [6.45, 7) is 4.61. The van der Waals surface area contributed by atoms with Gasteiger partial charge >= 0.3 is 0 Å². The van der Waals surface area contributed by atoms with E-state index in [0.29, 0.717) is 23.6 Å². The highest BCUT2D eigenvalue weighted by molar-refractivity contribution is 7.19. The van der Waals surface area contributed by atoms with E-state index < -0.39 is 0 Å². The lowest BCUT2D eigenvalue weighted by molar-refractivity contribution is 0.0952. The number of thiazole rings is 1. The van der Waals surface area contributed by atoms with Gasteiger partial charge in [-0.3, -0.25) is 9.59 Å². The first-order valence-electron chi connectivity index (χ1n) is 9.02. The first-order chi connectivity index (χ1) is 14.0. The van der Waals surface area contributed by atoms with Crippen LogP contribution in [0.4, 0.5) is 0 Å². The van der Waals surface area contributed by atoms with E-state index >= 15 is 0 Å². The predicted octanol–water partition coefficient (Wildman–Crippen LogP) is 4.17. The summed E-state index contributed by atoms with van der Waals surface area (Å²) in [6, 6.07) is 10.7. The van der Waals surface area contributed by atoms with Crippen molar-refractivity contribution >= 4 is 38.7 Å². The van der Waals surface area contributed by atoms with E-state index in [2.05, 4.69) is 15.3 Å². The molecule has 6 nitrogen and oxygen atoms in total. The van der Waals surface area contributed by atoms with Crippen molar-refractivity contribution in [2.45, 2.75) is 27.0 Å². The summed E-state index contributed by atoms with van der Waals surface area (Å²) in [6.07, 6.45) is 0.